The van der Waals surface area contributed by atoms with Gasteiger partial charge < -0.3 is 14.3 Å². The first kappa shape index (κ1) is 19.6. The van der Waals surface area contributed by atoms with Gasteiger partial charge in [-0.1, -0.05) is 12.1 Å². The maximum atomic E-state index is 13.3. The molecule has 0 amide bonds. The van der Waals surface area contributed by atoms with E-state index >= 15 is 0 Å². The van der Waals surface area contributed by atoms with E-state index in [9.17, 15) is 9.18 Å². The van der Waals surface area contributed by atoms with Gasteiger partial charge >= 0.3 is 0 Å². The van der Waals surface area contributed by atoms with Crippen molar-refractivity contribution in [2.45, 2.75) is 32.7 Å². The van der Waals surface area contributed by atoms with Gasteiger partial charge in [-0.05, 0) is 56.0 Å². The molecule has 3 aromatic rings. The second kappa shape index (κ2) is 8.35. The number of halogens is 1. The number of aryl methyl sites for hydroxylation is 1. The maximum absolute atomic E-state index is 13.3. The van der Waals surface area contributed by atoms with Crippen LogP contribution in [0, 0.1) is 12.7 Å². The van der Waals surface area contributed by atoms with Gasteiger partial charge in [0.15, 0.2) is 0 Å². The van der Waals surface area contributed by atoms with Crippen molar-refractivity contribution in [3.63, 3.8) is 0 Å². The van der Waals surface area contributed by atoms with Crippen LogP contribution in [0.15, 0.2) is 45.6 Å². The summed E-state index contributed by atoms with van der Waals surface area (Å²) in [6, 6.07) is 9.43. The molecule has 6 heteroatoms. The third-order valence-electron chi connectivity index (χ3n) is 5.35. The Morgan fingerprint density at radius 1 is 1.10 bits per heavy atom. The number of hydrogen-bond acceptors (Lipinski definition) is 5. The standard InChI is InChI=1S/C23H24FNO4/c1-15-21(16-5-7-17(24)8-6-16)22(27)18-9-10-20-19(23(18)29-15)13-25(14-28-20)11-3-2-4-12-26/h5-10,26H,2-4,11-14H2,1H3. The van der Waals surface area contributed by atoms with Gasteiger partial charge in [-0.15, -0.1) is 0 Å². The minimum Gasteiger partial charge on any atom is -0.478 e. The number of fused-ring (bicyclic) bond motifs is 3. The Balaban J connectivity index is 1.71. The van der Waals surface area contributed by atoms with Crippen molar-refractivity contribution in [1.82, 2.24) is 4.90 Å². The molecule has 1 aliphatic rings. The first-order valence-electron chi connectivity index (χ1n) is 9.89. The van der Waals surface area contributed by atoms with Crippen molar-refractivity contribution in [2.75, 3.05) is 19.9 Å². The van der Waals surface area contributed by atoms with Crippen LogP contribution < -0.4 is 10.2 Å². The van der Waals surface area contributed by atoms with E-state index in [1.165, 1.54) is 12.1 Å². The summed E-state index contributed by atoms with van der Waals surface area (Å²) in [6.45, 7) is 3.96. The Labute approximate surface area is 168 Å². The Morgan fingerprint density at radius 2 is 1.90 bits per heavy atom. The quantitative estimate of drug-likeness (QED) is 0.631. The van der Waals surface area contributed by atoms with Crippen molar-refractivity contribution in [1.29, 1.82) is 0 Å². The van der Waals surface area contributed by atoms with Crippen molar-refractivity contribution in [2.24, 2.45) is 0 Å². The second-order valence-electron chi connectivity index (χ2n) is 7.40. The van der Waals surface area contributed by atoms with Crippen molar-refractivity contribution < 1.29 is 18.7 Å². The predicted octanol–water partition coefficient (Wildman–Crippen LogP) is 4.22. The molecule has 0 fully saturated rings. The van der Waals surface area contributed by atoms with Gasteiger partial charge in [-0.2, -0.15) is 0 Å². The molecule has 0 saturated carbocycles. The van der Waals surface area contributed by atoms with Gasteiger partial charge in [0.05, 0.1) is 16.5 Å². The first-order valence-corrected chi connectivity index (χ1v) is 9.89. The highest BCUT2D eigenvalue weighted by Crippen LogP contribution is 2.34. The van der Waals surface area contributed by atoms with E-state index in [0.717, 1.165) is 37.1 Å². The summed E-state index contributed by atoms with van der Waals surface area (Å²) in [7, 11) is 0. The molecule has 0 spiro atoms. The number of rotatable bonds is 6. The second-order valence-corrected chi connectivity index (χ2v) is 7.40. The summed E-state index contributed by atoms with van der Waals surface area (Å²) < 4.78 is 25.3. The van der Waals surface area contributed by atoms with E-state index in [0.29, 0.717) is 41.1 Å². The van der Waals surface area contributed by atoms with Crippen molar-refractivity contribution >= 4 is 11.0 Å². The zero-order valence-electron chi connectivity index (χ0n) is 16.4. The molecule has 0 radical (unpaired) electrons. The fraction of sp³-hybridized carbons (Fsp3) is 0.348. The van der Waals surface area contributed by atoms with E-state index in [1.807, 2.05) is 6.07 Å². The van der Waals surface area contributed by atoms with Crippen LogP contribution in [0.3, 0.4) is 0 Å². The van der Waals surface area contributed by atoms with E-state index in [2.05, 4.69) is 4.90 Å². The van der Waals surface area contributed by atoms with Crippen LogP contribution >= 0.6 is 0 Å². The molecule has 29 heavy (non-hydrogen) atoms. The summed E-state index contributed by atoms with van der Waals surface area (Å²) >= 11 is 0. The lowest BCUT2D eigenvalue weighted by atomic mass is 10.0. The summed E-state index contributed by atoms with van der Waals surface area (Å²) in [5.41, 5.74) is 2.39. The smallest absolute Gasteiger partial charge is 0.200 e. The molecule has 0 unspecified atom stereocenters. The molecule has 5 nitrogen and oxygen atoms in total. The monoisotopic (exact) mass is 397 g/mol. The number of benzene rings is 2. The largest absolute Gasteiger partial charge is 0.478 e. The highest BCUT2D eigenvalue weighted by Gasteiger charge is 2.23. The molecule has 1 aromatic heterocycles. The van der Waals surface area contributed by atoms with E-state index in [4.69, 9.17) is 14.3 Å². The number of aliphatic hydroxyl groups excluding tert-OH is 1. The van der Waals surface area contributed by atoms with Crippen LogP contribution in [0.4, 0.5) is 4.39 Å². The molecular formula is C23H24FNO4. The summed E-state index contributed by atoms with van der Waals surface area (Å²) in [5, 5.41) is 9.42. The molecule has 0 bridgehead atoms. The summed E-state index contributed by atoms with van der Waals surface area (Å²) in [6.07, 6.45) is 2.74. The van der Waals surface area contributed by atoms with Crippen LogP contribution in [-0.2, 0) is 6.54 Å². The van der Waals surface area contributed by atoms with Gasteiger partial charge in [-0.3, -0.25) is 9.69 Å². The molecule has 1 N–H and O–H groups in total. The highest BCUT2D eigenvalue weighted by atomic mass is 19.1. The van der Waals surface area contributed by atoms with Crippen LogP contribution in [0.1, 0.15) is 30.6 Å². The van der Waals surface area contributed by atoms with E-state index < -0.39 is 0 Å². The predicted molar refractivity (Wildman–Crippen MR) is 109 cm³/mol. The molecule has 0 atom stereocenters. The van der Waals surface area contributed by atoms with Crippen LogP contribution in [-0.4, -0.2) is 29.9 Å². The number of hydrogen-bond donors (Lipinski definition) is 1. The molecular weight excluding hydrogens is 373 g/mol. The van der Waals surface area contributed by atoms with Gasteiger partial charge in [0.1, 0.15) is 29.6 Å². The molecule has 4 rings (SSSR count). The topological polar surface area (TPSA) is 62.9 Å². The van der Waals surface area contributed by atoms with Gasteiger partial charge in [0.25, 0.3) is 0 Å². The fourth-order valence-electron chi connectivity index (χ4n) is 3.84. The minimum atomic E-state index is -0.345. The SMILES string of the molecule is Cc1oc2c3c(ccc2c(=O)c1-c1ccc(F)cc1)OCN(CCCCCO)C3. The number of unbranched alkanes of at least 4 members (excludes halogenated alkanes) is 2. The highest BCUT2D eigenvalue weighted by molar-refractivity contribution is 5.86. The van der Waals surface area contributed by atoms with Crippen LogP contribution in [0.2, 0.25) is 0 Å². The Morgan fingerprint density at radius 3 is 2.66 bits per heavy atom. The average Bonchev–Trinajstić information content (AvgIpc) is 2.72. The molecule has 0 aliphatic carbocycles. The Bertz CT molecular complexity index is 1070. The van der Waals surface area contributed by atoms with Gasteiger partial charge in [-0.25, -0.2) is 4.39 Å². The number of nitrogens with zero attached hydrogens (tertiary/aromatic N) is 1. The Kier molecular flexibility index (Phi) is 5.65. The first-order chi connectivity index (χ1) is 14.1. The number of ether oxygens (including phenoxy) is 1. The minimum absolute atomic E-state index is 0.127. The molecule has 152 valence electrons. The molecule has 2 aromatic carbocycles. The van der Waals surface area contributed by atoms with Gasteiger partial charge in [0, 0.05) is 19.7 Å². The van der Waals surface area contributed by atoms with Crippen molar-refractivity contribution in [3.8, 4) is 16.9 Å². The zero-order chi connectivity index (χ0) is 20.4. The van der Waals surface area contributed by atoms with E-state index in [-0.39, 0.29) is 17.9 Å². The van der Waals surface area contributed by atoms with Crippen LogP contribution in [0.25, 0.3) is 22.1 Å². The number of aliphatic hydroxyl groups is 1. The molecule has 2 heterocycles. The zero-order valence-corrected chi connectivity index (χ0v) is 16.4. The third kappa shape index (κ3) is 3.91. The van der Waals surface area contributed by atoms with Crippen molar-refractivity contribution in [3.05, 3.63) is 63.8 Å². The summed E-state index contributed by atoms with van der Waals surface area (Å²) in [5.74, 6) is 0.894. The lowest BCUT2D eigenvalue weighted by molar-refractivity contribution is 0.0933. The fourth-order valence-corrected chi connectivity index (χ4v) is 3.84. The third-order valence-corrected chi connectivity index (χ3v) is 5.35. The maximum Gasteiger partial charge on any atom is 0.200 e. The normalized spacial score (nSPS) is 14.0. The lowest BCUT2D eigenvalue weighted by Gasteiger charge is -2.29. The Hall–Kier alpha value is -2.70. The van der Waals surface area contributed by atoms with Crippen LogP contribution in [0.5, 0.6) is 5.75 Å². The lowest BCUT2D eigenvalue weighted by Crippen LogP contribution is -2.33. The van der Waals surface area contributed by atoms with E-state index in [1.54, 1.807) is 25.1 Å². The summed E-state index contributed by atoms with van der Waals surface area (Å²) in [4.78, 5) is 15.4. The molecule has 0 saturated heterocycles. The van der Waals surface area contributed by atoms with Gasteiger partial charge in [0.2, 0.25) is 5.43 Å². The molecule has 1 aliphatic heterocycles. The average molecular weight is 397 g/mol.